The summed E-state index contributed by atoms with van der Waals surface area (Å²) in [6.07, 6.45) is 5.24. The number of methoxy groups -OCH3 is 1. The van der Waals surface area contributed by atoms with E-state index in [0.717, 1.165) is 32.2 Å². The molecule has 10 heteroatoms. The molecule has 0 saturated carbocycles. The normalized spacial score (nSPS) is 20.7. The molecule has 0 radical (unpaired) electrons. The Labute approximate surface area is 193 Å². The number of hydrogen-bond donors (Lipinski definition) is 3. The van der Waals surface area contributed by atoms with Crippen LogP contribution < -0.4 is 21.7 Å². The highest BCUT2D eigenvalue weighted by atomic mass is 16.5. The molecule has 2 fully saturated rings. The van der Waals surface area contributed by atoms with Gasteiger partial charge >= 0.3 is 0 Å². The summed E-state index contributed by atoms with van der Waals surface area (Å²) in [4.78, 5) is 37.9. The van der Waals surface area contributed by atoms with Crippen molar-refractivity contribution in [3.63, 3.8) is 0 Å². The average Bonchev–Trinajstić information content (AvgIpc) is 3.27. The number of hydrogen-bond acceptors (Lipinski definition) is 8. The summed E-state index contributed by atoms with van der Waals surface area (Å²) in [5.74, 6) is 0.115. The molecule has 33 heavy (non-hydrogen) atoms. The van der Waals surface area contributed by atoms with Gasteiger partial charge in [0.05, 0.1) is 12.6 Å². The molecule has 2 saturated heterocycles. The zero-order valence-corrected chi connectivity index (χ0v) is 18.9. The van der Waals surface area contributed by atoms with Gasteiger partial charge < -0.3 is 31.3 Å². The van der Waals surface area contributed by atoms with Gasteiger partial charge in [0, 0.05) is 50.2 Å². The largest absolute Gasteiger partial charge is 0.383 e. The minimum atomic E-state index is -0.633. The summed E-state index contributed by atoms with van der Waals surface area (Å²) in [7, 11) is 1.65. The summed E-state index contributed by atoms with van der Waals surface area (Å²) in [6, 6.07) is 7.30. The third-order valence-corrected chi connectivity index (χ3v) is 6.15. The lowest BCUT2D eigenvalue weighted by atomic mass is 10.1. The average molecular weight is 454 g/mol. The molecule has 10 nitrogen and oxygen atoms in total. The van der Waals surface area contributed by atoms with E-state index in [1.54, 1.807) is 25.3 Å². The van der Waals surface area contributed by atoms with Crippen LogP contribution in [0.4, 0.5) is 17.5 Å². The van der Waals surface area contributed by atoms with E-state index in [-0.39, 0.29) is 23.6 Å². The Hall–Kier alpha value is -3.24. The number of ether oxygens (including phenoxy) is 1. The van der Waals surface area contributed by atoms with E-state index in [2.05, 4.69) is 15.3 Å². The number of aromatic nitrogens is 2. The minimum absolute atomic E-state index is 0.0426. The molecule has 2 aliphatic rings. The maximum atomic E-state index is 13.1. The van der Waals surface area contributed by atoms with Gasteiger partial charge in [-0.3, -0.25) is 9.59 Å². The Balaban J connectivity index is 1.57. The Bertz CT molecular complexity index is 1020. The van der Waals surface area contributed by atoms with Crippen molar-refractivity contribution in [2.45, 2.75) is 37.8 Å². The highest BCUT2D eigenvalue weighted by Gasteiger charge is 2.29. The van der Waals surface area contributed by atoms with Crippen LogP contribution in [0.15, 0.2) is 30.5 Å². The molecule has 2 aromatic rings. The second kappa shape index (κ2) is 10.1. The summed E-state index contributed by atoms with van der Waals surface area (Å²) < 4.78 is 5.27. The van der Waals surface area contributed by atoms with Crippen molar-refractivity contribution in [1.82, 2.24) is 14.9 Å². The van der Waals surface area contributed by atoms with Crippen molar-refractivity contribution in [3.8, 4) is 0 Å². The fourth-order valence-electron chi connectivity index (χ4n) is 4.49. The van der Waals surface area contributed by atoms with Crippen LogP contribution in [0, 0.1) is 0 Å². The molecular weight excluding hydrogens is 422 g/mol. The highest BCUT2D eigenvalue weighted by molar-refractivity contribution is 5.99. The van der Waals surface area contributed by atoms with Gasteiger partial charge in [-0.05, 0) is 43.9 Å². The molecule has 5 N–H and O–H groups in total. The lowest BCUT2D eigenvalue weighted by Gasteiger charge is -2.31. The lowest BCUT2D eigenvalue weighted by molar-refractivity contribution is 0.0630. The predicted octanol–water partition coefficient (Wildman–Crippen LogP) is 1.50. The minimum Gasteiger partial charge on any atom is -0.383 e. The first kappa shape index (κ1) is 22.9. The van der Waals surface area contributed by atoms with Crippen molar-refractivity contribution >= 4 is 29.3 Å². The Morgan fingerprint density at radius 2 is 2.06 bits per heavy atom. The van der Waals surface area contributed by atoms with Gasteiger partial charge in [-0.15, -0.1) is 0 Å². The van der Waals surface area contributed by atoms with E-state index in [9.17, 15) is 9.59 Å². The molecule has 1 aromatic carbocycles. The number of piperidine rings is 1. The molecule has 4 rings (SSSR count). The van der Waals surface area contributed by atoms with Gasteiger partial charge in [-0.2, -0.15) is 4.98 Å². The number of rotatable bonds is 7. The van der Waals surface area contributed by atoms with Crippen LogP contribution >= 0.6 is 0 Å². The number of likely N-dealkylation sites (tertiary alicyclic amines) is 1. The van der Waals surface area contributed by atoms with Crippen molar-refractivity contribution in [3.05, 3.63) is 41.6 Å². The van der Waals surface area contributed by atoms with Gasteiger partial charge in [0.1, 0.15) is 11.4 Å². The van der Waals surface area contributed by atoms with Crippen molar-refractivity contribution in [1.29, 1.82) is 0 Å². The third kappa shape index (κ3) is 5.23. The van der Waals surface area contributed by atoms with Crippen molar-refractivity contribution in [2.75, 3.05) is 43.6 Å². The monoisotopic (exact) mass is 453 g/mol. The molecule has 0 spiro atoms. The van der Waals surface area contributed by atoms with Crippen molar-refractivity contribution < 1.29 is 14.3 Å². The summed E-state index contributed by atoms with van der Waals surface area (Å²) in [5.41, 5.74) is 13.0. The number of primary amides is 1. The molecule has 0 unspecified atom stereocenters. The Morgan fingerprint density at radius 1 is 1.24 bits per heavy atom. The van der Waals surface area contributed by atoms with Gasteiger partial charge in [0.25, 0.3) is 11.8 Å². The number of nitrogens with one attached hydrogen (secondary N) is 1. The van der Waals surface area contributed by atoms with Crippen LogP contribution in [-0.4, -0.2) is 72.1 Å². The zero-order chi connectivity index (χ0) is 23.4. The number of carbonyl (C=O) groups excluding carboxylic acids is 2. The molecular formula is C23H31N7O3. The maximum Gasteiger partial charge on any atom is 0.254 e. The maximum absolute atomic E-state index is 13.1. The summed E-state index contributed by atoms with van der Waals surface area (Å²) in [5, 5.41) is 3.16. The first-order chi connectivity index (χ1) is 16.0. The van der Waals surface area contributed by atoms with Gasteiger partial charge in [0.2, 0.25) is 5.95 Å². The molecule has 2 amide bonds. The molecule has 2 aliphatic heterocycles. The van der Waals surface area contributed by atoms with Crippen LogP contribution in [0.5, 0.6) is 0 Å². The van der Waals surface area contributed by atoms with Crippen LogP contribution in [0.25, 0.3) is 0 Å². The van der Waals surface area contributed by atoms with Gasteiger partial charge in [-0.25, -0.2) is 4.98 Å². The van der Waals surface area contributed by atoms with Crippen LogP contribution in [0.1, 0.15) is 46.4 Å². The fourth-order valence-corrected chi connectivity index (χ4v) is 4.49. The number of carbonyl (C=O) groups is 2. The fraction of sp³-hybridized carbons (Fsp3) is 0.478. The first-order valence-electron chi connectivity index (χ1n) is 11.3. The highest BCUT2D eigenvalue weighted by Crippen LogP contribution is 2.25. The standard InChI is InChI=1S/C23H31N7O3/c1-33-14-18-8-4-10-30(18)22(32)15-5-2-7-17(11-15)27-21-19(20(25)31)12-26-23(28-21)29-9-3-6-16(24)13-29/h2,5,7,11-12,16,18H,3-4,6,8-10,13-14,24H2,1H3,(H2,25,31)(H,26,27,28)/t16-,18+/m0/s1. The summed E-state index contributed by atoms with van der Waals surface area (Å²) in [6.45, 7) is 2.68. The second-order valence-corrected chi connectivity index (χ2v) is 8.60. The number of benzene rings is 1. The van der Waals surface area contributed by atoms with Crippen LogP contribution in [0.2, 0.25) is 0 Å². The van der Waals surface area contributed by atoms with E-state index in [4.69, 9.17) is 16.2 Å². The predicted molar refractivity (Wildman–Crippen MR) is 126 cm³/mol. The second-order valence-electron chi connectivity index (χ2n) is 8.60. The van der Waals surface area contributed by atoms with Crippen molar-refractivity contribution in [2.24, 2.45) is 11.5 Å². The Kier molecular flexibility index (Phi) is 7.05. The molecule has 0 aliphatic carbocycles. The molecule has 2 atom stereocenters. The quantitative estimate of drug-likeness (QED) is 0.573. The topological polar surface area (TPSA) is 140 Å². The van der Waals surface area contributed by atoms with Crippen LogP contribution in [0.3, 0.4) is 0 Å². The summed E-state index contributed by atoms with van der Waals surface area (Å²) >= 11 is 0. The number of nitrogens with zero attached hydrogens (tertiary/aromatic N) is 4. The number of nitrogens with two attached hydrogens (primary N) is 2. The Morgan fingerprint density at radius 3 is 2.82 bits per heavy atom. The molecule has 176 valence electrons. The van der Waals surface area contributed by atoms with Gasteiger partial charge in [0.15, 0.2) is 0 Å². The van der Waals surface area contributed by atoms with E-state index in [0.29, 0.717) is 42.7 Å². The van der Waals surface area contributed by atoms with Crippen LogP contribution in [-0.2, 0) is 4.74 Å². The van der Waals surface area contributed by atoms with E-state index >= 15 is 0 Å². The third-order valence-electron chi connectivity index (χ3n) is 6.15. The molecule has 3 heterocycles. The van der Waals surface area contributed by atoms with E-state index < -0.39 is 5.91 Å². The number of anilines is 3. The zero-order valence-electron chi connectivity index (χ0n) is 18.9. The van der Waals surface area contributed by atoms with E-state index in [1.165, 1.54) is 6.20 Å². The molecule has 1 aromatic heterocycles. The van der Waals surface area contributed by atoms with E-state index in [1.807, 2.05) is 15.9 Å². The SMILES string of the molecule is COC[C@H]1CCCN1C(=O)c1cccc(Nc2nc(N3CCC[C@H](N)C3)ncc2C(N)=O)c1. The molecule has 0 bridgehead atoms. The number of amides is 2. The smallest absolute Gasteiger partial charge is 0.254 e. The lowest BCUT2D eigenvalue weighted by Crippen LogP contribution is -2.43. The van der Waals surface area contributed by atoms with Gasteiger partial charge in [-0.1, -0.05) is 6.07 Å². The first-order valence-corrected chi connectivity index (χ1v) is 11.3.